The SMILES string of the molecule is CC[C@@H](C)N(Cc1ccccc1Cl)C(=O)c1cccc(=O)[nH]1. The van der Waals surface area contributed by atoms with Gasteiger partial charge >= 0.3 is 0 Å². The standard InChI is InChI=1S/C17H19ClN2O2/c1-3-12(2)20(11-13-7-4-5-8-14(13)18)17(22)15-9-6-10-16(21)19-15/h4-10,12H,3,11H2,1-2H3,(H,19,21)/t12-/m1/s1. The lowest BCUT2D eigenvalue weighted by molar-refractivity contribution is 0.0665. The molecule has 0 unspecified atom stereocenters. The highest BCUT2D eigenvalue weighted by Gasteiger charge is 2.22. The topological polar surface area (TPSA) is 53.2 Å². The van der Waals surface area contributed by atoms with Gasteiger partial charge in [-0.3, -0.25) is 9.59 Å². The zero-order valence-electron chi connectivity index (χ0n) is 12.7. The second-order valence-electron chi connectivity index (χ2n) is 5.21. The van der Waals surface area contributed by atoms with E-state index in [0.29, 0.717) is 17.3 Å². The summed E-state index contributed by atoms with van der Waals surface area (Å²) in [6, 6.07) is 12.1. The first kappa shape index (κ1) is 16.3. The van der Waals surface area contributed by atoms with Crippen LogP contribution < -0.4 is 5.56 Å². The highest BCUT2D eigenvalue weighted by atomic mass is 35.5. The van der Waals surface area contributed by atoms with Gasteiger partial charge in [0.15, 0.2) is 0 Å². The van der Waals surface area contributed by atoms with E-state index in [1.54, 1.807) is 23.1 Å². The van der Waals surface area contributed by atoms with Gasteiger partial charge < -0.3 is 9.88 Å². The first-order valence-electron chi connectivity index (χ1n) is 7.26. The van der Waals surface area contributed by atoms with Crippen LogP contribution in [-0.4, -0.2) is 21.8 Å². The Bertz CT molecular complexity index is 712. The molecule has 0 saturated carbocycles. The van der Waals surface area contributed by atoms with Gasteiger partial charge in [-0.25, -0.2) is 0 Å². The van der Waals surface area contributed by atoms with Gasteiger partial charge in [0.1, 0.15) is 5.69 Å². The molecule has 4 nitrogen and oxygen atoms in total. The number of aromatic nitrogens is 1. The van der Waals surface area contributed by atoms with Crippen LogP contribution in [0.2, 0.25) is 5.02 Å². The van der Waals surface area contributed by atoms with Crippen LogP contribution in [0.4, 0.5) is 0 Å². The molecule has 0 saturated heterocycles. The molecule has 1 N–H and O–H groups in total. The number of aromatic amines is 1. The number of halogens is 1. The number of nitrogens with one attached hydrogen (secondary N) is 1. The maximum Gasteiger partial charge on any atom is 0.270 e. The molecule has 0 bridgehead atoms. The molecular formula is C17H19ClN2O2. The Hall–Kier alpha value is -2.07. The van der Waals surface area contributed by atoms with Gasteiger partial charge in [-0.05, 0) is 31.0 Å². The van der Waals surface area contributed by atoms with Crippen LogP contribution in [0, 0.1) is 0 Å². The number of rotatable bonds is 5. The van der Waals surface area contributed by atoms with E-state index in [1.807, 2.05) is 32.0 Å². The minimum Gasteiger partial charge on any atom is -0.330 e. The van der Waals surface area contributed by atoms with Gasteiger partial charge in [0.25, 0.3) is 5.91 Å². The maximum absolute atomic E-state index is 12.7. The van der Waals surface area contributed by atoms with E-state index in [1.165, 1.54) is 6.07 Å². The van der Waals surface area contributed by atoms with Crippen LogP contribution in [0.3, 0.4) is 0 Å². The number of hydrogen-bond acceptors (Lipinski definition) is 2. The number of hydrogen-bond donors (Lipinski definition) is 1. The minimum absolute atomic E-state index is 0.0347. The zero-order valence-corrected chi connectivity index (χ0v) is 13.4. The van der Waals surface area contributed by atoms with Crippen molar-refractivity contribution < 1.29 is 4.79 Å². The third-order valence-electron chi connectivity index (χ3n) is 3.68. The minimum atomic E-state index is -0.285. The van der Waals surface area contributed by atoms with Crippen molar-refractivity contribution in [1.29, 1.82) is 0 Å². The average molecular weight is 319 g/mol. The van der Waals surface area contributed by atoms with Crippen molar-refractivity contribution in [2.24, 2.45) is 0 Å². The van der Waals surface area contributed by atoms with E-state index in [2.05, 4.69) is 4.98 Å². The molecule has 0 aliphatic heterocycles. The summed E-state index contributed by atoms with van der Waals surface area (Å²) < 4.78 is 0. The van der Waals surface area contributed by atoms with Gasteiger partial charge in [-0.2, -0.15) is 0 Å². The van der Waals surface area contributed by atoms with E-state index < -0.39 is 0 Å². The number of H-pyrrole nitrogens is 1. The van der Waals surface area contributed by atoms with E-state index in [4.69, 9.17) is 11.6 Å². The molecule has 1 heterocycles. The highest BCUT2D eigenvalue weighted by molar-refractivity contribution is 6.31. The summed E-state index contributed by atoms with van der Waals surface area (Å²) in [5, 5.41) is 0.630. The van der Waals surface area contributed by atoms with Crippen LogP contribution in [0.1, 0.15) is 36.3 Å². The predicted molar refractivity (Wildman–Crippen MR) is 88.1 cm³/mol. The second kappa shape index (κ2) is 7.27. The van der Waals surface area contributed by atoms with Crippen molar-refractivity contribution in [3.63, 3.8) is 0 Å². The van der Waals surface area contributed by atoms with Crippen molar-refractivity contribution in [3.8, 4) is 0 Å². The van der Waals surface area contributed by atoms with Crippen molar-refractivity contribution in [2.45, 2.75) is 32.9 Å². The molecule has 1 aromatic carbocycles. The van der Waals surface area contributed by atoms with Crippen LogP contribution in [0.25, 0.3) is 0 Å². The summed E-state index contributed by atoms with van der Waals surface area (Å²) in [5.41, 5.74) is 0.892. The second-order valence-corrected chi connectivity index (χ2v) is 5.62. The fraction of sp³-hybridized carbons (Fsp3) is 0.294. The van der Waals surface area contributed by atoms with Gasteiger partial charge in [0, 0.05) is 23.7 Å². The maximum atomic E-state index is 12.7. The average Bonchev–Trinajstić information content (AvgIpc) is 2.53. The first-order valence-corrected chi connectivity index (χ1v) is 7.64. The Labute approximate surface area is 134 Å². The molecular weight excluding hydrogens is 300 g/mol. The van der Waals surface area contributed by atoms with Gasteiger partial charge in [-0.1, -0.05) is 42.8 Å². The van der Waals surface area contributed by atoms with Crippen LogP contribution in [0.15, 0.2) is 47.3 Å². The van der Waals surface area contributed by atoms with Crippen molar-refractivity contribution >= 4 is 17.5 Å². The zero-order chi connectivity index (χ0) is 16.1. The molecule has 0 radical (unpaired) electrons. The lowest BCUT2D eigenvalue weighted by Gasteiger charge is -2.29. The van der Waals surface area contributed by atoms with Crippen LogP contribution in [0.5, 0.6) is 0 Å². The quantitative estimate of drug-likeness (QED) is 0.917. The summed E-state index contributed by atoms with van der Waals surface area (Å²) >= 11 is 6.20. The molecule has 0 aliphatic carbocycles. The lowest BCUT2D eigenvalue weighted by Crippen LogP contribution is -2.38. The molecule has 1 amide bonds. The number of amides is 1. The number of pyridine rings is 1. The molecule has 2 rings (SSSR count). The number of carbonyl (C=O) groups is 1. The Morgan fingerprint density at radius 2 is 1.95 bits per heavy atom. The Balaban J connectivity index is 2.32. The molecule has 1 atom stereocenters. The Morgan fingerprint density at radius 1 is 1.23 bits per heavy atom. The normalized spacial score (nSPS) is 12.0. The van der Waals surface area contributed by atoms with Crippen molar-refractivity contribution in [2.75, 3.05) is 0 Å². The Kier molecular flexibility index (Phi) is 5.39. The summed E-state index contributed by atoms with van der Waals surface area (Å²) in [6.07, 6.45) is 0.813. The van der Waals surface area contributed by atoms with Gasteiger partial charge in [-0.15, -0.1) is 0 Å². The third-order valence-corrected chi connectivity index (χ3v) is 4.05. The molecule has 2 aromatic rings. The molecule has 22 heavy (non-hydrogen) atoms. The largest absolute Gasteiger partial charge is 0.330 e. The van der Waals surface area contributed by atoms with Crippen LogP contribution >= 0.6 is 11.6 Å². The van der Waals surface area contributed by atoms with Crippen molar-refractivity contribution in [3.05, 3.63) is 69.1 Å². The Morgan fingerprint density at radius 3 is 2.59 bits per heavy atom. The summed E-state index contributed by atoms with van der Waals surface area (Å²) in [7, 11) is 0. The van der Waals surface area contributed by atoms with E-state index in [-0.39, 0.29) is 17.5 Å². The smallest absolute Gasteiger partial charge is 0.270 e. The highest BCUT2D eigenvalue weighted by Crippen LogP contribution is 2.20. The molecule has 0 aliphatic rings. The van der Waals surface area contributed by atoms with Crippen LogP contribution in [-0.2, 0) is 6.54 Å². The third kappa shape index (κ3) is 3.77. The van der Waals surface area contributed by atoms with Gasteiger partial charge in [0.05, 0.1) is 0 Å². The first-order chi connectivity index (χ1) is 10.5. The van der Waals surface area contributed by atoms with E-state index in [9.17, 15) is 9.59 Å². The molecule has 1 aromatic heterocycles. The van der Waals surface area contributed by atoms with E-state index in [0.717, 1.165) is 12.0 Å². The summed E-state index contributed by atoms with van der Waals surface area (Å²) in [4.78, 5) is 28.5. The molecule has 116 valence electrons. The number of nitrogens with zero attached hydrogens (tertiary/aromatic N) is 1. The summed E-state index contributed by atoms with van der Waals surface area (Å²) in [6.45, 7) is 4.41. The fourth-order valence-electron chi connectivity index (χ4n) is 2.19. The molecule has 0 spiro atoms. The predicted octanol–water partition coefficient (Wildman–Crippen LogP) is 3.47. The lowest BCUT2D eigenvalue weighted by atomic mass is 10.1. The van der Waals surface area contributed by atoms with Gasteiger partial charge in [0.2, 0.25) is 5.56 Å². The monoisotopic (exact) mass is 318 g/mol. The molecule has 5 heteroatoms. The molecule has 0 fully saturated rings. The fourth-order valence-corrected chi connectivity index (χ4v) is 2.38. The van der Waals surface area contributed by atoms with E-state index >= 15 is 0 Å². The number of carbonyl (C=O) groups excluding carboxylic acids is 1. The number of benzene rings is 1. The summed E-state index contributed by atoms with van der Waals surface area (Å²) in [5.74, 6) is -0.202. The van der Waals surface area contributed by atoms with Crippen molar-refractivity contribution in [1.82, 2.24) is 9.88 Å².